The highest BCUT2D eigenvalue weighted by molar-refractivity contribution is 7.13. The second-order valence-corrected chi connectivity index (χ2v) is 6.63. The summed E-state index contributed by atoms with van der Waals surface area (Å²) in [6, 6.07) is 3.87. The summed E-state index contributed by atoms with van der Waals surface area (Å²) in [5, 5.41) is 5.86. The lowest BCUT2D eigenvalue weighted by Gasteiger charge is -2.12. The molecule has 4 nitrogen and oxygen atoms in total. The Morgan fingerprint density at radius 2 is 2.30 bits per heavy atom. The van der Waals surface area contributed by atoms with Crippen LogP contribution in [0.25, 0.3) is 10.6 Å². The average molecular weight is 327 g/mol. The Kier molecular flexibility index (Phi) is 5.53. The van der Waals surface area contributed by atoms with Crippen molar-refractivity contribution >= 4 is 17.2 Å². The fraction of sp³-hybridized carbons (Fsp3) is 0.389. The Morgan fingerprint density at radius 3 is 3.09 bits per heavy atom. The predicted octanol–water partition coefficient (Wildman–Crippen LogP) is 3.75. The standard InChI is InChI=1S/C18H21N3OS/c22-17(20-10-8-14-5-2-1-3-6-14)11-16-13-23-18(21-16)15-7-4-9-19-12-15/h4-5,7,9,12-13H,1-3,6,8,10-11H2,(H,20,22). The van der Waals surface area contributed by atoms with Crippen LogP contribution in [0.2, 0.25) is 0 Å². The van der Waals surface area contributed by atoms with Gasteiger partial charge in [-0.3, -0.25) is 9.78 Å². The fourth-order valence-corrected chi connectivity index (χ4v) is 3.54. The molecule has 0 bridgehead atoms. The number of rotatable bonds is 6. The number of hydrogen-bond acceptors (Lipinski definition) is 4. The van der Waals surface area contributed by atoms with Crippen molar-refractivity contribution in [3.8, 4) is 10.6 Å². The number of carbonyl (C=O) groups is 1. The van der Waals surface area contributed by atoms with Gasteiger partial charge in [-0.05, 0) is 44.2 Å². The first kappa shape index (κ1) is 15.9. The molecule has 23 heavy (non-hydrogen) atoms. The summed E-state index contributed by atoms with van der Waals surface area (Å²) < 4.78 is 0. The number of thiazole rings is 1. The molecule has 0 unspecified atom stereocenters. The van der Waals surface area contributed by atoms with Gasteiger partial charge in [-0.25, -0.2) is 4.98 Å². The zero-order valence-electron chi connectivity index (χ0n) is 13.1. The van der Waals surface area contributed by atoms with Gasteiger partial charge in [0.25, 0.3) is 0 Å². The van der Waals surface area contributed by atoms with Crippen molar-refractivity contribution in [3.63, 3.8) is 0 Å². The summed E-state index contributed by atoms with van der Waals surface area (Å²) in [4.78, 5) is 20.6. The van der Waals surface area contributed by atoms with E-state index in [0.717, 1.165) is 29.2 Å². The second kappa shape index (κ2) is 8.02. The van der Waals surface area contributed by atoms with Gasteiger partial charge >= 0.3 is 0 Å². The molecule has 1 amide bonds. The molecule has 1 aliphatic carbocycles. The van der Waals surface area contributed by atoms with Gasteiger partial charge in [0.15, 0.2) is 0 Å². The Morgan fingerprint density at radius 1 is 1.35 bits per heavy atom. The van der Waals surface area contributed by atoms with Gasteiger partial charge < -0.3 is 5.32 Å². The van der Waals surface area contributed by atoms with Crippen molar-refractivity contribution in [1.82, 2.24) is 15.3 Å². The number of pyridine rings is 1. The normalized spacial score (nSPS) is 14.3. The Labute approximate surface area is 140 Å². The van der Waals surface area contributed by atoms with Crippen LogP contribution in [0, 0.1) is 0 Å². The highest BCUT2D eigenvalue weighted by atomic mass is 32.1. The molecule has 0 saturated heterocycles. The summed E-state index contributed by atoms with van der Waals surface area (Å²) in [5.41, 5.74) is 3.31. The van der Waals surface area contributed by atoms with E-state index in [1.165, 1.54) is 31.3 Å². The molecule has 3 rings (SSSR count). The average Bonchev–Trinajstić information content (AvgIpc) is 3.05. The topological polar surface area (TPSA) is 54.9 Å². The quantitative estimate of drug-likeness (QED) is 0.822. The van der Waals surface area contributed by atoms with Crippen molar-refractivity contribution in [2.45, 2.75) is 38.5 Å². The Bertz CT molecular complexity index is 679. The van der Waals surface area contributed by atoms with Crippen LogP contribution in [0.3, 0.4) is 0 Å². The molecule has 0 saturated carbocycles. The summed E-state index contributed by atoms with van der Waals surface area (Å²) >= 11 is 1.55. The molecular formula is C18H21N3OS. The molecule has 120 valence electrons. The van der Waals surface area contributed by atoms with Gasteiger partial charge in [-0.15, -0.1) is 11.3 Å². The van der Waals surface area contributed by atoms with Crippen LogP contribution >= 0.6 is 11.3 Å². The molecule has 0 atom stereocenters. The van der Waals surface area contributed by atoms with Crippen LogP contribution in [-0.2, 0) is 11.2 Å². The summed E-state index contributed by atoms with van der Waals surface area (Å²) in [7, 11) is 0. The van der Waals surface area contributed by atoms with Crippen LogP contribution in [0.15, 0.2) is 41.6 Å². The number of nitrogens with one attached hydrogen (secondary N) is 1. The number of aromatic nitrogens is 2. The van der Waals surface area contributed by atoms with E-state index in [2.05, 4.69) is 21.4 Å². The highest BCUT2D eigenvalue weighted by Crippen LogP contribution is 2.23. The number of allylic oxidation sites excluding steroid dienone is 1. The lowest BCUT2D eigenvalue weighted by molar-refractivity contribution is -0.120. The van der Waals surface area contributed by atoms with Gasteiger partial charge in [0.2, 0.25) is 5.91 Å². The summed E-state index contributed by atoms with van der Waals surface area (Å²) in [5.74, 6) is 0.0458. The SMILES string of the molecule is O=C(Cc1csc(-c2cccnc2)n1)NCCC1=CCCCC1. The van der Waals surface area contributed by atoms with E-state index in [0.29, 0.717) is 6.42 Å². The minimum Gasteiger partial charge on any atom is -0.355 e. The summed E-state index contributed by atoms with van der Waals surface area (Å²) in [6.07, 6.45) is 12.2. The zero-order chi connectivity index (χ0) is 15.9. The maximum Gasteiger partial charge on any atom is 0.226 e. The van der Waals surface area contributed by atoms with Gasteiger partial charge in [0, 0.05) is 29.9 Å². The Balaban J connectivity index is 1.46. The zero-order valence-corrected chi connectivity index (χ0v) is 13.9. The molecule has 2 aromatic rings. The molecule has 2 heterocycles. The maximum absolute atomic E-state index is 12.0. The number of hydrogen-bond donors (Lipinski definition) is 1. The monoisotopic (exact) mass is 327 g/mol. The van der Waals surface area contributed by atoms with Crippen molar-refractivity contribution in [3.05, 3.63) is 47.2 Å². The minimum atomic E-state index is 0.0458. The molecule has 1 aliphatic rings. The molecular weight excluding hydrogens is 306 g/mol. The van der Waals surface area contributed by atoms with Crippen molar-refractivity contribution in [1.29, 1.82) is 0 Å². The van der Waals surface area contributed by atoms with Crippen LogP contribution in [0.4, 0.5) is 0 Å². The smallest absolute Gasteiger partial charge is 0.226 e. The fourth-order valence-electron chi connectivity index (χ4n) is 2.73. The number of amides is 1. The first-order valence-corrected chi connectivity index (χ1v) is 8.98. The largest absolute Gasteiger partial charge is 0.355 e. The molecule has 0 aromatic carbocycles. The number of carbonyl (C=O) groups excluding carboxylic acids is 1. The van der Waals surface area contributed by atoms with Crippen LogP contribution in [0.5, 0.6) is 0 Å². The van der Waals surface area contributed by atoms with E-state index in [1.54, 1.807) is 23.7 Å². The molecule has 0 aliphatic heterocycles. The van der Waals surface area contributed by atoms with E-state index in [-0.39, 0.29) is 5.91 Å². The van der Waals surface area contributed by atoms with Gasteiger partial charge in [-0.2, -0.15) is 0 Å². The first-order valence-electron chi connectivity index (χ1n) is 8.10. The van der Waals surface area contributed by atoms with Crippen molar-refractivity contribution in [2.75, 3.05) is 6.54 Å². The lowest BCUT2D eigenvalue weighted by Crippen LogP contribution is -2.26. The maximum atomic E-state index is 12.0. The van der Waals surface area contributed by atoms with E-state index < -0.39 is 0 Å². The third kappa shape index (κ3) is 4.73. The Hall–Kier alpha value is -2.01. The van der Waals surface area contributed by atoms with E-state index in [1.807, 2.05) is 17.5 Å². The third-order valence-electron chi connectivity index (χ3n) is 3.96. The molecule has 0 spiro atoms. The molecule has 0 radical (unpaired) electrons. The molecule has 1 N–H and O–H groups in total. The highest BCUT2D eigenvalue weighted by Gasteiger charge is 2.09. The molecule has 2 aromatic heterocycles. The van der Waals surface area contributed by atoms with E-state index in [9.17, 15) is 4.79 Å². The van der Waals surface area contributed by atoms with Crippen molar-refractivity contribution < 1.29 is 4.79 Å². The summed E-state index contributed by atoms with van der Waals surface area (Å²) in [6.45, 7) is 0.726. The lowest BCUT2D eigenvalue weighted by atomic mass is 9.97. The van der Waals surface area contributed by atoms with Crippen molar-refractivity contribution in [2.24, 2.45) is 0 Å². The van der Waals surface area contributed by atoms with Gasteiger partial charge in [0.05, 0.1) is 12.1 Å². The van der Waals surface area contributed by atoms with Gasteiger partial charge in [0.1, 0.15) is 5.01 Å². The van der Waals surface area contributed by atoms with E-state index in [4.69, 9.17) is 0 Å². The first-order chi connectivity index (χ1) is 11.3. The third-order valence-corrected chi connectivity index (χ3v) is 4.90. The minimum absolute atomic E-state index is 0.0458. The van der Waals surface area contributed by atoms with Crippen LogP contribution in [-0.4, -0.2) is 22.4 Å². The van der Waals surface area contributed by atoms with E-state index >= 15 is 0 Å². The predicted molar refractivity (Wildman–Crippen MR) is 93.2 cm³/mol. The molecule has 0 fully saturated rings. The van der Waals surface area contributed by atoms with Crippen LogP contribution < -0.4 is 5.32 Å². The van der Waals surface area contributed by atoms with Crippen LogP contribution in [0.1, 0.15) is 37.8 Å². The number of nitrogens with zero attached hydrogens (tertiary/aromatic N) is 2. The van der Waals surface area contributed by atoms with Gasteiger partial charge in [-0.1, -0.05) is 11.6 Å². The molecule has 5 heteroatoms. The second-order valence-electron chi connectivity index (χ2n) is 5.77.